The second-order valence-corrected chi connectivity index (χ2v) is 10.2. The number of likely N-dealkylation sites (tertiary alicyclic amines) is 1. The molecule has 1 fully saturated rings. The third kappa shape index (κ3) is 5.59. The Bertz CT molecular complexity index is 1280. The molecule has 0 saturated carbocycles. The second kappa shape index (κ2) is 11.1. The summed E-state index contributed by atoms with van der Waals surface area (Å²) in [4.78, 5) is 36.1. The van der Waals surface area contributed by atoms with Crippen molar-refractivity contribution in [3.8, 4) is 16.9 Å². The quantitative estimate of drug-likeness (QED) is 0.419. The summed E-state index contributed by atoms with van der Waals surface area (Å²) in [7, 11) is 1.80. The zero-order chi connectivity index (χ0) is 25.9. The van der Waals surface area contributed by atoms with Gasteiger partial charge in [0.15, 0.2) is 6.61 Å². The Kier molecular flexibility index (Phi) is 7.65. The number of ether oxygens (including phenoxy) is 1. The molecule has 2 aliphatic heterocycles. The summed E-state index contributed by atoms with van der Waals surface area (Å²) in [5.74, 6) is -0.0404. The molecule has 7 nitrogen and oxygen atoms in total. The number of benzene rings is 2. The summed E-state index contributed by atoms with van der Waals surface area (Å²) in [5, 5.41) is 0.628. The summed E-state index contributed by atoms with van der Waals surface area (Å²) >= 11 is 12.3. The van der Waals surface area contributed by atoms with Crippen molar-refractivity contribution >= 4 is 40.7 Å². The number of fused-ring (bicyclic) bond motifs is 1. The van der Waals surface area contributed by atoms with Gasteiger partial charge in [-0.15, -0.1) is 0 Å². The Labute approximate surface area is 226 Å². The van der Waals surface area contributed by atoms with E-state index in [1.165, 1.54) is 4.90 Å². The van der Waals surface area contributed by atoms with Crippen LogP contribution in [0.5, 0.6) is 5.75 Å². The first-order chi connectivity index (χ1) is 17.9. The van der Waals surface area contributed by atoms with Gasteiger partial charge in [-0.2, -0.15) is 0 Å². The van der Waals surface area contributed by atoms with Crippen molar-refractivity contribution in [1.29, 1.82) is 0 Å². The molecular formula is C28H28Cl2N4O3. The zero-order valence-electron chi connectivity index (χ0n) is 20.6. The molecule has 5 rings (SSSR count). The van der Waals surface area contributed by atoms with Crippen molar-refractivity contribution in [1.82, 2.24) is 14.8 Å². The van der Waals surface area contributed by atoms with E-state index in [2.05, 4.69) is 34.1 Å². The van der Waals surface area contributed by atoms with Crippen molar-refractivity contribution in [2.24, 2.45) is 0 Å². The molecule has 3 heterocycles. The number of aromatic nitrogens is 1. The summed E-state index contributed by atoms with van der Waals surface area (Å²) in [6.45, 7) is 2.48. The van der Waals surface area contributed by atoms with Crippen LogP contribution in [0, 0.1) is 0 Å². The third-order valence-electron chi connectivity index (χ3n) is 7.02. The molecular weight excluding hydrogens is 511 g/mol. The van der Waals surface area contributed by atoms with Gasteiger partial charge in [0.1, 0.15) is 12.3 Å². The average molecular weight is 539 g/mol. The average Bonchev–Trinajstić information content (AvgIpc) is 3.44. The molecule has 1 atom stereocenters. The molecule has 37 heavy (non-hydrogen) atoms. The van der Waals surface area contributed by atoms with Crippen molar-refractivity contribution < 1.29 is 14.3 Å². The van der Waals surface area contributed by atoms with Crippen LogP contribution >= 0.6 is 23.2 Å². The van der Waals surface area contributed by atoms with E-state index in [1.54, 1.807) is 30.3 Å². The molecule has 1 aromatic heterocycles. The number of halogens is 2. The highest BCUT2D eigenvalue weighted by Gasteiger charge is 2.32. The molecule has 2 aromatic carbocycles. The molecule has 2 amide bonds. The Hall–Kier alpha value is -3.13. The Morgan fingerprint density at radius 3 is 2.51 bits per heavy atom. The van der Waals surface area contributed by atoms with Gasteiger partial charge in [0.25, 0.3) is 5.91 Å². The van der Waals surface area contributed by atoms with Crippen LogP contribution < -0.4 is 9.64 Å². The normalized spacial score (nSPS) is 16.3. The predicted molar refractivity (Wildman–Crippen MR) is 145 cm³/mol. The molecule has 0 spiro atoms. The molecule has 0 radical (unpaired) electrons. The topological polar surface area (TPSA) is 66.0 Å². The van der Waals surface area contributed by atoms with Crippen molar-refractivity contribution in [2.45, 2.75) is 18.9 Å². The second-order valence-electron chi connectivity index (χ2n) is 9.39. The maximum Gasteiger partial charge on any atom is 0.265 e. The van der Waals surface area contributed by atoms with Gasteiger partial charge in [-0.1, -0.05) is 53.5 Å². The number of carbonyl (C=O) groups is 2. The van der Waals surface area contributed by atoms with E-state index in [1.807, 2.05) is 18.3 Å². The fourth-order valence-electron chi connectivity index (χ4n) is 4.88. The number of anilines is 1. The highest BCUT2D eigenvalue weighted by atomic mass is 35.5. The highest BCUT2D eigenvalue weighted by Crippen LogP contribution is 2.39. The van der Waals surface area contributed by atoms with E-state index in [4.69, 9.17) is 27.9 Å². The number of hydrogen-bond acceptors (Lipinski definition) is 5. The van der Waals surface area contributed by atoms with E-state index in [0.29, 0.717) is 21.5 Å². The van der Waals surface area contributed by atoms with Gasteiger partial charge in [0.05, 0.1) is 21.8 Å². The van der Waals surface area contributed by atoms with Crippen LogP contribution in [0.1, 0.15) is 24.4 Å². The Balaban J connectivity index is 1.39. The number of nitrogens with zero attached hydrogens (tertiary/aromatic N) is 4. The van der Waals surface area contributed by atoms with Crippen LogP contribution in [0.25, 0.3) is 11.1 Å². The minimum absolute atomic E-state index is 0.117. The van der Waals surface area contributed by atoms with E-state index >= 15 is 0 Å². The van der Waals surface area contributed by atoms with Gasteiger partial charge in [-0.25, -0.2) is 0 Å². The minimum Gasteiger partial charge on any atom is -0.482 e. The monoisotopic (exact) mass is 538 g/mol. The van der Waals surface area contributed by atoms with Gasteiger partial charge in [0.2, 0.25) is 5.91 Å². The number of hydrogen-bond donors (Lipinski definition) is 0. The standard InChI is InChI=1S/C28H28Cl2N4O3/c1-32(27(35)17-34-24-13-22(29)23(30)14-26(24)37-18-28(34)36)25(16-33-11-2-3-12-33)20-8-6-19(7-9-20)21-5-4-10-31-15-21/h4-10,13-15,25H,2-3,11-12,16-18H2,1H3. The van der Waals surface area contributed by atoms with Gasteiger partial charge in [-0.05, 0) is 54.8 Å². The van der Waals surface area contributed by atoms with Crippen LogP contribution in [0.2, 0.25) is 10.0 Å². The maximum atomic E-state index is 13.6. The summed E-state index contributed by atoms with van der Waals surface area (Å²) in [6.07, 6.45) is 5.91. The summed E-state index contributed by atoms with van der Waals surface area (Å²) < 4.78 is 5.53. The summed E-state index contributed by atoms with van der Waals surface area (Å²) in [6, 6.07) is 15.2. The van der Waals surface area contributed by atoms with Crippen LogP contribution in [-0.2, 0) is 9.59 Å². The smallest absolute Gasteiger partial charge is 0.265 e. The molecule has 1 saturated heterocycles. The molecule has 3 aromatic rings. The number of carbonyl (C=O) groups excluding carboxylic acids is 2. The van der Waals surface area contributed by atoms with E-state index < -0.39 is 0 Å². The fourth-order valence-corrected chi connectivity index (χ4v) is 5.19. The fraction of sp³-hybridized carbons (Fsp3) is 0.321. The van der Waals surface area contributed by atoms with Gasteiger partial charge in [-0.3, -0.25) is 19.5 Å². The van der Waals surface area contributed by atoms with Crippen molar-refractivity contribution in [3.63, 3.8) is 0 Å². The molecule has 0 bridgehead atoms. The Morgan fingerprint density at radius 1 is 1.08 bits per heavy atom. The van der Waals surface area contributed by atoms with Gasteiger partial charge < -0.3 is 14.5 Å². The highest BCUT2D eigenvalue weighted by molar-refractivity contribution is 6.42. The molecule has 9 heteroatoms. The van der Waals surface area contributed by atoms with E-state index in [9.17, 15) is 9.59 Å². The molecule has 2 aliphatic rings. The van der Waals surface area contributed by atoms with Crippen molar-refractivity contribution in [3.05, 3.63) is 76.5 Å². The zero-order valence-corrected chi connectivity index (χ0v) is 22.1. The molecule has 0 N–H and O–H groups in total. The lowest BCUT2D eigenvalue weighted by atomic mass is 10.0. The Morgan fingerprint density at radius 2 is 1.81 bits per heavy atom. The maximum absolute atomic E-state index is 13.6. The lowest BCUT2D eigenvalue weighted by Gasteiger charge is -2.35. The lowest BCUT2D eigenvalue weighted by Crippen LogP contribution is -2.47. The van der Waals surface area contributed by atoms with Crippen LogP contribution in [0.15, 0.2) is 60.9 Å². The molecule has 1 unspecified atom stereocenters. The first-order valence-corrected chi connectivity index (χ1v) is 13.1. The lowest BCUT2D eigenvalue weighted by molar-refractivity contribution is -0.133. The summed E-state index contributed by atoms with van der Waals surface area (Å²) in [5.41, 5.74) is 3.60. The van der Waals surface area contributed by atoms with Crippen LogP contribution in [-0.4, -0.2) is 66.4 Å². The largest absolute Gasteiger partial charge is 0.482 e. The number of rotatable bonds is 7. The SMILES string of the molecule is CN(C(=O)CN1C(=O)COc2cc(Cl)c(Cl)cc21)C(CN1CCCC1)c1ccc(-c2cccnc2)cc1. The van der Waals surface area contributed by atoms with Crippen molar-refractivity contribution in [2.75, 3.05) is 44.7 Å². The van der Waals surface area contributed by atoms with Crippen LogP contribution in [0.3, 0.4) is 0 Å². The predicted octanol–water partition coefficient (Wildman–Crippen LogP) is 5.08. The molecule has 192 valence electrons. The van der Waals surface area contributed by atoms with Crippen LogP contribution in [0.4, 0.5) is 5.69 Å². The van der Waals surface area contributed by atoms with Gasteiger partial charge >= 0.3 is 0 Å². The van der Waals surface area contributed by atoms with Gasteiger partial charge in [0, 0.05) is 32.1 Å². The first kappa shape index (κ1) is 25.5. The first-order valence-electron chi connectivity index (χ1n) is 12.3. The third-order valence-corrected chi connectivity index (χ3v) is 7.74. The number of likely N-dealkylation sites (N-methyl/N-ethyl adjacent to an activating group) is 1. The minimum atomic E-state index is -0.301. The van der Waals surface area contributed by atoms with E-state index in [0.717, 1.165) is 49.2 Å². The number of pyridine rings is 1. The van der Waals surface area contributed by atoms with E-state index in [-0.39, 0.29) is 31.0 Å². The molecule has 0 aliphatic carbocycles. The number of amides is 2.